The normalized spacial score (nSPS) is 18.9. The van der Waals surface area contributed by atoms with Crippen LogP contribution in [-0.2, 0) is 4.79 Å². The number of fused-ring (bicyclic) bond motifs is 1. The first-order chi connectivity index (χ1) is 13.8. The molecular formula is C20H20N4O3S. The van der Waals surface area contributed by atoms with E-state index >= 15 is 0 Å². The molecule has 4 heterocycles. The summed E-state index contributed by atoms with van der Waals surface area (Å²) in [6.07, 6.45) is -0.586. The predicted molar refractivity (Wildman–Crippen MR) is 107 cm³/mol. The van der Waals surface area contributed by atoms with Crippen molar-refractivity contribution in [2.45, 2.75) is 6.10 Å². The van der Waals surface area contributed by atoms with E-state index in [9.17, 15) is 4.79 Å². The van der Waals surface area contributed by atoms with E-state index in [1.54, 1.807) is 11.3 Å². The number of piperazine rings is 1. The van der Waals surface area contributed by atoms with Gasteiger partial charge in [0.1, 0.15) is 6.61 Å². The van der Waals surface area contributed by atoms with E-state index in [-0.39, 0.29) is 12.5 Å². The van der Waals surface area contributed by atoms with E-state index in [1.165, 1.54) is 4.88 Å². The van der Waals surface area contributed by atoms with Gasteiger partial charge in [-0.3, -0.25) is 9.89 Å². The van der Waals surface area contributed by atoms with E-state index < -0.39 is 6.10 Å². The number of aromatic nitrogens is 2. The van der Waals surface area contributed by atoms with Gasteiger partial charge in [0.15, 0.2) is 17.3 Å². The van der Waals surface area contributed by atoms with E-state index in [4.69, 9.17) is 9.47 Å². The van der Waals surface area contributed by atoms with Crippen LogP contribution < -0.4 is 14.4 Å². The summed E-state index contributed by atoms with van der Waals surface area (Å²) < 4.78 is 11.5. The van der Waals surface area contributed by atoms with Gasteiger partial charge < -0.3 is 19.3 Å². The Kier molecular flexibility index (Phi) is 4.40. The maximum Gasteiger partial charge on any atom is 0.267 e. The van der Waals surface area contributed by atoms with E-state index in [0.29, 0.717) is 24.6 Å². The third kappa shape index (κ3) is 3.20. The first-order valence-electron chi connectivity index (χ1n) is 9.29. The third-order valence-corrected chi connectivity index (χ3v) is 5.95. The monoisotopic (exact) mass is 396 g/mol. The van der Waals surface area contributed by atoms with Crippen molar-refractivity contribution < 1.29 is 14.3 Å². The van der Waals surface area contributed by atoms with Gasteiger partial charge in [-0.2, -0.15) is 5.10 Å². The van der Waals surface area contributed by atoms with Gasteiger partial charge in [-0.25, -0.2) is 0 Å². The summed E-state index contributed by atoms with van der Waals surface area (Å²) in [7, 11) is 0. The van der Waals surface area contributed by atoms with Crippen LogP contribution in [0, 0.1) is 0 Å². The maximum atomic E-state index is 12.8. The Balaban J connectivity index is 1.20. The lowest BCUT2D eigenvalue weighted by atomic mass is 10.2. The minimum Gasteiger partial charge on any atom is -0.485 e. The van der Waals surface area contributed by atoms with Crippen molar-refractivity contribution >= 4 is 23.1 Å². The second kappa shape index (κ2) is 7.20. The fourth-order valence-corrected chi connectivity index (χ4v) is 4.22. The number of hydrogen-bond donors (Lipinski definition) is 1. The molecule has 2 aliphatic heterocycles. The third-order valence-electron chi connectivity index (χ3n) is 5.05. The molecule has 0 spiro atoms. The number of nitrogens with zero attached hydrogens (tertiary/aromatic N) is 3. The lowest BCUT2D eigenvalue weighted by Crippen LogP contribution is -2.54. The number of rotatable bonds is 3. The number of anilines is 1. The molecule has 1 amide bonds. The highest BCUT2D eigenvalue weighted by Gasteiger charge is 2.33. The fourth-order valence-electron chi connectivity index (χ4n) is 3.53. The molecule has 2 aliphatic rings. The smallest absolute Gasteiger partial charge is 0.267 e. The van der Waals surface area contributed by atoms with Crippen LogP contribution in [0.5, 0.6) is 11.5 Å². The molecule has 28 heavy (non-hydrogen) atoms. The highest BCUT2D eigenvalue weighted by Crippen LogP contribution is 2.31. The number of H-pyrrole nitrogens is 1. The number of benzene rings is 1. The molecule has 8 heteroatoms. The minimum atomic E-state index is -0.586. The van der Waals surface area contributed by atoms with E-state index in [1.807, 2.05) is 35.2 Å². The van der Waals surface area contributed by atoms with Crippen LogP contribution in [0.25, 0.3) is 10.6 Å². The average Bonchev–Trinajstić information content (AvgIpc) is 3.45. The number of hydrogen-bond acceptors (Lipinski definition) is 6. The first kappa shape index (κ1) is 17.1. The van der Waals surface area contributed by atoms with Crippen LogP contribution >= 0.6 is 11.3 Å². The van der Waals surface area contributed by atoms with Crippen LogP contribution in [0.4, 0.5) is 5.82 Å². The van der Waals surface area contributed by atoms with Crippen molar-refractivity contribution in [3.8, 4) is 22.1 Å². The molecule has 7 nitrogen and oxygen atoms in total. The average molecular weight is 396 g/mol. The number of amides is 1. The molecule has 0 unspecified atom stereocenters. The first-order valence-corrected chi connectivity index (χ1v) is 10.2. The zero-order chi connectivity index (χ0) is 18.9. The predicted octanol–water partition coefficient (Wildman–Crippen LogP) is 2.63. The molecule has 1 saturated heterocycles. The van der Waals surface area contributed by atoms with Crippen molar-refractivity contribution in [3.05, 3.63) is 47.8 Å². The SMILES string of the molecule is O=C([C@@H]1COc2ccccc2O1)N1CCN(c2cc(-c3cccs3)[nH]n2)CC1. The number of aromatic amines is 1. The van der Waals surface area contributed by atoms with Crippen LogP contribution in [0.2, 0.25) is 0 Å². The van der Waals surface area contributed by atoms with Crippen LogP contribution in [0.1, 0.15) is 0 Å². The van der Waals surface area contributed by atoms with Crippen molar-refractivity contribution in [1.29, 1.82) is 0 Å². The quantitative estimate of drug-likeness (QED) is 0.737. The number of carbonyl (C=O) groups excluding carboxylic acids is 1. The molecule has 2 aromatic heterocycles. The van der Waals surface area contributed by atoms with Crippen LogP contribution in [0.15, 0.2) is 47.8 Å². The van der Waals surface area contributed by atoms with Gasteiger partial charge in [-0.15, -0.1) is 11.3 Å². The van der Waals surface area contributed by atoms with Crippen LogP contribution in [0.3, 0.4) is 0 Å². The van der Waals surface area contributed by atoms with Gasteiger partial charge in [-0.05, 0) is 23.6 Å². The Bertz CT molecular complexity index is 964. The highest BCUT2D eigenvalue weighted by atomic mass is 32.1. The van der Waals surface area contributed by atoms with Gasteiger partial charge >= 0.3 is 0 Å². The number of para-hydroxylation sites is 2. The second-order valence-corrected chi connectivity index (χ2v) is 7.74. The molecule has 5 rings (SSSR count). The molecule has 1 atom stereocenters. The summed E-state index contributed by atoms with van der Waals surface area (Å²) in [6, 6.07) is 13.6. The topological polar surface area (TPSA) is 70.7 Å². The Morgan fingerprint density at radius 3 is 2.71 bits per heavy atom. The summed E-state index contributed by atoms with van der Waals surface area (Å²) >= 11 is 1.68. The van der Waals surface area contributed by atoms with Gasteiger partial charge in [0.05, 0.1) is 10.6 Å². The van der Waals surface area contributed by atoms with Crippen molar-refractivity contribution in [3.63, 3.8) is 0 Å². The zero-order valence-electron chi connectivity index (χ0n) is 15.2. The molecule has 0 radical (unpaired) electrons. The Hall–Kier alpha value is -3.00. The Labute approximate surface area is 166 Å². The number of nitrogens with one attached hydrogen (secondary N) is 1. The molecule has 1 N–H and O–H groups in total. The molecule has 0 saturated carbocycles. The lowest BCUT2D eigenvalue weighted by molar-refractivity contribution is -0.141. The summed E-state index contributed by atoms with van der Waals surface area (Å²) in [5.74, 6) is 2.22. The molecule has 0 bridgehead atoms. The molecule has 3 aromatic rings. The second-order valence-electron chi connectivity index (χ2n) is 6.79. The maximum absolute atomic E-state index is 12.8. The van der Waals surface area contributed by atoms with E-state index in [2.05, 4.69) is 32.6 Å². The van der Waals surface area contributed by atoms with E-state index in [0.717, 1.165) is 24.6 Å². The molecule has 1 aromatic carbocycles. The lowest BCUT2D eigenvalue weighted by Gasteiger charge is -2.37. The number of ether oxygens (including phenoxy) is 2. The summed E-state index contributed by atoms with van der Waals surface area (Å²) in [5.41, 5.74) is 1.02. The van der Waals surface area contributed by atoms with Crippen molar-refractivity contribution in [1.82, 2.24) is 15.1 Å². The number of carbonyl (C=O) groups is 1. The summed E-state index contributed by atoms with van der Waals surface area (Å²) in [4.78, 5) is 18.1. The molecular weight excluding hydrogens is 376 g/mol. The van der Waals surface area contributed by atoms with Crippen molar-refractivity contribution in [2.24, 2.45) is 0 Å². The van der Waals surface area contributed by atoms with Gasteiger partial charge in [0.25, 0.3) is 5.91 Å². The Morgan fingerprint density at radius 2 is 1.93 bits per heavy atom. The Morgan fingerprint density at radius 1 is 1.11 bits per heavy atom. The van der Waals surface area contributed by atoms with Crippen molar-refractivity contribution in [2.75, 3.05) is 37.7 Å². The van der Waals surface area contributed by atoms with Gasteiger partial charge in [0, 0.05) is 32.2 Å². The molecule has 0 aliphatic carbocycles. The largest absolute Gasteiger partial charge is 0.485 e. The van der Waals surface area contributed by atoms with Crippen LogP contribution in [-0.4, -0.2) is 59.9 Å². The van der Waals surface area contributed by atoms with Gasteiger partial charge in [0.2, 0.25) is 6.10 Å². The van der Waals surface area contributed by atoms with Gasteiger partial charge in [-0.1, -0.05) is 18.2 Å². The highest BCUT2D eigenvalue weighted by molar-refractivity contribution is 7.13. The summed E-state index contributed by atoms with van der Waals surface area (Å²) in [5, 5.41) is 9.59. The fraction of sp³-hybridized carbons (Fsp3) is 0.300. The minimum absolute atomic E-state index is 0.0181. The molecule has 144 valence electrons. The standard InChI is InChI=1S/C20H20N4O3S/c25-20(17-13-26-15-4-1-2-5-16(15)27-17)24-9-7-23(8-10-24)19-12-14(21-22-19)18-6-3-11-28-18/h1-6,11-12,17H,7-10,13H2,(H,21,22)/t17-/m0/s1. The summed E-state index contributed by atoms with van der Waals surface area (Å²) in [6.45, 7) is 3.01. The zero-order valence-corrected chi connectivity index (χ0v) is 16.0. The number of thiophene rings is 1. The molecule has 1 fully saturated rings.